The van der Waals surface area contributed by atoms with Crippen molar-refractivity contribution in [3.8, 4) is 0 Å². The van der Waals surface area contributed by atoms with Crippen molar-refractivity contribution in [2.75, 3.05) is 11.4 Å². The average Bonchev–Trinajstić information content (AvgIpc) is 3.29. The number of hydrogen-bond acceptors (Lipinski definition) is 4. The van der Waals surface area contributed by atoms with Gasteiger partial charge in [0, 0.05) is 30.1 Å². The van der Waals surface area contributed by atoms with Gasteiger partial charge < -0.3 is 4.90 Å². The second kappa shape index (κ2) is 6.60. The van der Waals surface area contributed by atoms with Crippen LogP contribution in [0.15, 0.2) is 35.4 Å². The molecule has 0 saturated carbocycles. The van der Waals surface area contributed by atoms with E-state index in [1.54, 1.807) is 22.2 Å². The maximum atomic E-state index is 13.0. The van der Waals surface area contributed by atoms with Gasteiger partial charge in [0.05, 0.1) is 11.7 Å². The SMILES string of the molecule is O=C(CCn1cnc2sc3c(c2c1=O)CCCC3)N1CCc2ccccc21. The first-order valence-electron chi connectivity index (χ1n) is 9.60. The van der Waals surface area contributed by atoms with Crippen LogP contribution in [0.2, 0.25) is 0 Å². The molecule has 0 spiro atoms. The highest BCUT2D eigenvalue weighted by molar-refractivity contribution is 7.18. The Hall–Kier alpha value is -2.47. The molecule has 0 fully saturated rings. The molecule has 0 bridgehead atoms. The molecule has 0 unspecified atom stereocenters. The number of anilines is 1. The third-order valence-corrected chi connectivity index (χ3v) is 6.90. The molecule has 1 amide bonds. The van der Waals surface area contributed by atoms with Gasteiger partial charge in [-0.05, 0) is 49.3 Å². The van der Waals surface area contributed by atoms with Crippen LogP contribution >= 0.6 is 11.3 Å². The molecule has 3 aromatic rings. The number of nitrogens with zero attached hydrogens (tertiary/aromatic N) is 3. The van der Waals surface area contributed by atoms with E-state index in [4.69, 9.17) is 0 Å². The number of amides is 1. The van der Waals surface area contributed by atoms with Crippen molar-refractivity contribution in [1.82, 2.24) is 9.55 Å². The zero-order valence-electron chi connectivity index (χ0n) is 15.1. The van der Waals surface area contributed by atoms with Crippen molar-refractivity contribution in [3.63, 3.8) is 0 Å². The summed E-state index contributed by atoms with van der Waals surface area (Å²) in [6.07, 6.45) is 7.18. The van der Waals surface area contributed by atoms with Gasteiger partial charge in [-0.2, -0.15) is 0 Å². The fourth-order valence-electron chi connectivity index (χ4n) is 4.29. The van der Waals surface area contributed by atoms with Crippen molar-refractivity contribution >= 4 is 33.1 Å². The van der Waals surface area contributed by atoms with Gasteiger partial charge in [-0.15, -0.1) is 11.3 Å². The maximum Gasteiger partial charge on any atom is 0.262 e. The quantitative estimate of drug-likeness (QED) is 0.701. The molecule has 1 aliphatic heterocycles. The monoisotopic (exact) mass is 379 g/mol. The summed E-state index contributed by atoms with van der Waals surface area (Å²) in [5.74, 6) is 0.0688. The van der Waals surface area contributed by atoms with Crippen molar-refractivity contribution < 1.29 is 4.79 Å². The van der Waals surface area contributed by atoms with E-state index in [9.17, 15) is 9.59 Å². The Bertz CT molecular complexity index is 1100. The summed E-state index contributed by atoms with van der Waals surface area (Å²) in [5.41, 5.74) is 3.44. The standard InChI is InChI=1S/C21H21N3O2S/c25-18(24-12-9-14-5-1-3-7-16(14)24)10-11-23-13-22-20-19(21(23)26)15-6-2-4-8-17(15)27-20/h1,3,5,7,13H,2,4,6,8-12H2. The van der Waals surface area contributed by atoms with E-state index in [1.165, 1.54) is 22.4 Å². The lowest BCUT2D eigenvalue weighted by Crippen LogP contribution is -2.31. The van der Waals surface area contributed by atoms with Gasteiger partial charge in [-0.1, -0.05) is 18.2 Å². The van der Waals surface area contributed by atoms with Crippen LogP contribution < -0.4 is 10.5 Å². The number of carbonyl (C=O) groups is 1. The largest absolute Gasteiger partial charge is 0.312 e. The van der Waals surface area contributed by atoms with Crippen LogP contribution in [0.4, 0.5) is 5.69 Å². The molecule has 1 aromatic carbocycles. The van der Waals surface area contributed by atoms with Crippen molar-refractivity contribution in [1.29, 1.82) is 0 Å². The fourth-order valence-corrected chi connectivity index (χ4v) is 5.51. The Kier molecular flexibility index (Phi) is 4.08. The second-order valence-electron chi connectivity index (χ2n) is 7.31. The first kappa shape index (κ1) is 16.7. The van der Waals surface area contributed by atoms with Crippen LogP contribution in [0.5, 0.6) is 0 Å². The summed E-state index contributed by atoms with van der Waals surface area (Å²) >= 11 is 1.66. The van der Waals surface area contributed by atoms with E-state index in [-0.39, 0.29) is 11.5 Å². The van der Waals surface area contributed by atoms with Gasteiger partial charge in [0.25, 0.3) is 5.56 Å². The summed E-state index contributed by atoms with van der Waals surface area (Å²) in [4.78, 5) is 34.3. The first-order valence-corrected chi connectivity index (χ1v) is 10.4. The molecule has 1 aliphatic carbocycles. The number of aromatic nitrogens is 2. The lowest BCUT2D eigenvalue weighted by Gasteiger charge is -2.17. The van der Waals surface area contributed by atoms with Crippen molar-refractivity contribution in [2.45, 2.75) is 45.1 Å². The summed E-state index contributed by atoms with van der Waals surface area (Å²) in [6.45, 7) is 1.10. The van der Waals surface area contributed by atoms with Gasteiger partial charge >= 0.3 is 0 Å². The number of benzene rings is 1. The number of hydrogen-bond donors (Lipinski definition) is 0. The summed E-state index contributed by atoms with van der Waals surface area (Å²) in [7, 11) is 0. The van der Waals surface area contributed by atoms with E-state index in [0.29, 0.717) is 13.0 Å². The maximum absolute atomic E-state index is 13.0. The minimum atomic E-state index is 0.00835. The molecule has 5 nitrogen and oxygen atoms in total. The molecule has 3 heterocycles. The molecule has 6 heteroatoms. The highest BCUT2D eigenvalue weighted by Gasteiger charge is 2.24. The molecule has 2 aliphatic rings. The molecule has 0 N–H and O–H groups in total. The Balaban J connectivity index is 1.39. The molecule has 2 aromatic heterocycles. The zero-order valence-corrected chi connectivity index (χ0v) is 15.9. The van der Waals surface area contributed by atoms with E-state index in [0.717, 1.165) is 48.1 Å². The highest BCUT2D eigenvalue weighted by atomic mass is 32.1. The number of fused-ring (bicyclic) bond motifs is 4. The van der Waals surface area contributed by atoms with E-state index >= 15 is 0 Å². The predicted molar refractivity (Wildman–Crippen MR) is 108 cm³/mol. The van der Waals surface area contributed by atoms with Gasteiger partial charge in [0.1, 0.15) is 4.83 Å². The first-order chi connectivity index (χ1) is 13.2. The third kappa shape index (κ3) is 2.79. The molecular weight excluding hydrogens is 358 g/mol. The minimum absolute atomic E-state index is 0.00835. The molecule has 0 saturated heterocycles. The van der Waals surface area contributed by atoms with Crippen molar-refractivity contribution in [3.05, 3.63) is 57.0 Å². The van der Waals surface area contributed by atoms with Crippen molar-refractivity contribution in [2.24, 2.45) is 0 Å². The molecule has 0 radical (unpaired) electrons. The Labute approximate surface area is 161 Å². The Morgan fingerprint density at radius 3 is 2.93 bits per heavy atom. The number of thiophene rings is 1. The normalized spacial score (nSPS) is 15.8. The van der Waals surface area contributed by atoms with E-state index in [2.05, 4.69) is 11.1 Å². The van der Waals surface area contributed by atoms with Gasteiger partial charge in [-0.25, -0.2) is 4.98 Å². The van der Waals surface area contributed by atoms with Crippen LogP contribution in [0.25, 0.3) is 10.2 Å². The Morgan fingerprint density at radius 2 is 2.00 bits per heavy atom. The fraction of sp³-hybridized carbons (Fsp3) is 0.381. The van der Waals surface area contributed by atoms with E-state index < -0.39 is 0 Å². The molecular formula is C21H21N3O2S. The lowest BCUT2D eigenvalue weighted by molar-refractivity contribution is -0.118. The second-order valence-corrected chi connectivity index (χ2v) is 8.39. The summed E-state index contributed by atoms with van der Waals surface area (Å²) in [6, 6.07) is 8.05. The topological polar surface area (TPSA) is 55.2 Å². The number of rotatable bonds is 3. The van der Waals surface area contributed by atoms with Crippen LogP contribution in [-0.2, 0) is 30.6 Å². The summed E-state index contributed by atoms with van der Waals surface area (Å²) < 4.78 is 1.61. The number of para-hydroxylation sites is 1. The molecule has 27 heavy (non-hydrogen) atoms. The van der Waals surface area contributed by atoms with Crippen LogP contribution in [0, 0.1) is 0 Å². The Morgan fingerprint density at radius 1 is 1.15 bits per heavy atom. The highest BCUT2D eigenvalue weighted by Crippen LogP contribution is 2.33. The van der Waals surface area contributed by atoms with Crippen LogP contribution in [0.3, 0.4) is 0 Å². The average molecular weight is 379 g/mol. The third-order valence-electron chi connectivity index (χ3n) is 5.70. The van der Waals surface area contributed by atoms with Crippen LogP contribution in [0.1, 0.15) is 35.3 Å². The summed E-state index contributed by atoms with van der Waals surface area (Å²) in [5, 5.41) is 0.788. The van der Waals surface area contributed by atoms with Gasteiger partial charge in [-0.3, -0.25) is 14.2 Å². The van der Waals surface area contributed by atoms with Crippen LogP contribution in [-0.4, -0.2) is 22.0 Å². The minimum Gasteiger partial charge on any atom is -0.312 e. The lowest BCUT2D eigenvalue weighted by atomic mass is 9.97. The predicted octanol–water partition coefficient (Wildman–Crippen LogP) is 3.32. The molecule has 0 atom stereocenters. The molecule has 5 rings (SSSR count). The zero-order chi connectivity index (χ0) is 18.4. The smallest absolute Gasteiger partial charge is 0.262 e. The van der Waals surface area contributed by atoms with Gasteiger partial charge in [0.15, 0.2) is 0 Å². The number of carbonyl (C=O) groups excluding carboxylic acids is 1. The van der Waals surface area contributed by atoms with Gasteiger partial charge in [0.2, 0.25) is 5.91 Å². The molecule has 138 valence electrons. The number of aryl methyl sites for hydroxylation is 3. The van der Waals surface area contributed by atoms with E-state index in [1.807, 2.05) is 23.1 Å².